The van der Waals surface area contributed by atoms with Crippen molar-refractivity contribution in [3.8, 4) is 0 Å². The number of benzene rings is 1. The van der Waals surface area contributed by atoms with Crippen LogP contribution in [-0.2, 0) is 0 Å². The van der Waals surface area contributed by atoms with Crippen molar-refractivity contribution in [3.05, 3.63) is 23.8 Å². The van der Waals surface area contributed by atoms with Crippen LogP contribution in [0, 0.1) is 6.92 Å². The number of hydrogen-bond donors (Lipinski definition) is 1. The molecule has 1 atom stereocenters. The van der Waals surface area contributed by atoms with Crippen LogP contribution in [0.1, 0.15) is 24.8 Å². The van der Waals surface area contributed by atoms with E-state index in [9.17, 15) is 0 Å². The minimum absolute atomic E-state index is 0.758. The molecule has 0 aliphatic carbocycles. The molecule has 0 bridgehead atoms. The van der Waals surface area contributed by atoms with E-state index in [4.69, 9.17) is 5.73 Å². The van der Waals surface area contributed by atoms with Crippen molar-refractivity contribution in [2.45, 2.75) is 32.2 Å². The Morgan fingerprint density at radius 2 is 1.94 bits per heavy atom. The highest BCUT2D eigenvalue weighted by Crippen LogP contribution is 2.29. The van der Waals surface area contributed by atoms with Crippen LogP contribution < -0.4 is 10.6 Å². The summed E-state index contributed by atoms with van der Waals surface area (Å²) in [6.45, 7) is 7.08. The van der Waals surface area contributed by atoms with Gasteiger partial charge in [-0.3, -0.25) is 4.90 Å². The number of hydrogen-bond acceptors (Lipinski definition) is 3. The Morgan fingerprint density at radius 1 is 1.17 bits per heavy atom. The van der Waals surface area contributed by atoms with Gasteiger partial charge in [0.25, 0.3) is 0 Å². The summed E-state index contributed by atoms with van der Waals surface area (Å²) in [5.74, 6) is 0. The molecule has 0 saturated carbocycles. The summed E-state index contributed by atoms with van der Waals surface area (Å²) >= 11 is 0. The van der Waals surface area contributed by atoms with Gasteiger partial charge < -0.3 is 10.6 Å². The molecule has 3 nitrogen and oxygen atoms in total. The topological polar surface area (TPSA) is 32.5 Å². The van der Waals surface area contributed by atoms with Gasteiger partial charge in [-0.05, 0) is 57.0 Å². The number of anilines is 2. The van der Waals surface area contributed by atoms with E-state index in [-0.39, 0.29) is 0 Å². The third kappa shape index (κ3) is 2.07. The number of nitrogens with two attached hydrogens (primary N) is 1. The first kappa shape index (κ1) is 11.8. The molecule has 0 spiro atoms. The molecule has 3 heteroatoms. The van der Waals surface area contributed by atoms with Gasteiger partial charge in [0, 0.05) is 30.5 Å². The van der Waals surface area contributed by atoms with Crippen molar-refractivity contribution in [1.82, 2.24) is 4.90 Å². The fourth-order valence-electron chi connectivity index (χ4n) is 3.35. The second-order valence-corrected chi connectivity index (χ2v) is 5.62. The Balaban J connectivity index is 1.73. The maximum Gasteiger partial charge on any atom is 0.0417 e. The highest BCUT2D eigenvalue weighted by atomic mass is 15.3. The Labute approximate surface area is 110 Å². The molecular weight excluding hydrogens is 222 g/mol. The van der Waals surface area contributed by atoms with Crippen molar-refractivity contribution in [2.75, 3.05) is 36.8 Å². The van der Waals surface area contributed by atoms with Crippen LogP contribution >= 0.6 is 0 Å². The summed E-state index contributed by atoms with van der Waals surface area (Å²) in [6.07, 6.45) is 4.07. The molecule has 98 valence electrons. The quantitative estimate of drug-likeness (QED) is 0.811. The van der Waals surface area contributed by atoms with Crippen LogP contribution in [0.2, 0.25) is 0 Å². The normalized spacial score (nSPS) is 24.9. The van der Waals surface area contributed by atoms with E-state index in [1.54, 1.807) is 0 Å². The van der Waals surface area contributed by atoms with Crippen molar-refractivity contribution < 1.29 is 0 Å². The van der Waals surface area contributed by atoms with Crippen molar-refractivity contribution in [3.63, 3.8) is 0 Å². The Morgan fingerprint density at radius 3 is 2.72 bits per heavy atom. The molecule has 1 aromatic carbocycles. The van der Waals surface area contributed by atoms with E-state index in [0.29, 0.717) is 0 Å². The minimum atomic E-state index is 0.758. The molecule has 0 amide bonds. The van der Waals surface area contributed by atoms with E-state index < -0.39 is 0 Å². The minimum Gasteiger partial charge on any atom is -0.398 e. The molecule has 2 N–H and O–H groups in total. The molecule has 2 fully saturated rings. The molecule has 2 saturated heterocycles. The first-order chi connectivity index (χ1) is 8.75. The molecule has 3 rings (SSSR count). The average molecular weight is 245 g/mol. The van der Waals surface area contributed by atoms with E-state index >= 15 is 0 Å². The van der Waals surface area contributed by atoms with E-state index in [2.05, 4.69) is 28.9 Å². The Bertz CT molecular complexity index is 424. The van der Waals surface area contributed by atoms with Gasteiger partial charge >= 0.3 is 0 Å². The van der Waals surface area contributed by atoms with E-state index in [0.717, 1.165) is 11.7 Å². The molecular formula is C15H23N3. The molecule has 2 aliphatic rings. The van der Waals surface area contributed by atoms with Crippen LogP contribution in [0.15, 0.2) is 18.2 Å². The van der Waals surface area contributed by atoms with Crippen LogP contribution in [0.3, 0.4) is 0 Å². The lowest BCUT2D eigenvalue weighted by Crippen LogP contribution is -2.35. The van der Waals surface area contributed by atoms with Gasteiger partial charge in [-0.2, -0.15) is 0 Å². The molecule has 2 aliphatic heterocycles. The molecule has 18 heavy (non-hydrogen) atoms. The summed E-state index contributed by atoms with van der Waals surface area (Å²) in [5.41, 5.74) is 9.49. The maximum atomic E-state index is 6.01. The molecule has 0 radical (unpaired) electrons. The Kier molecular flexibility index (Phi) is 3.16. The summed E-state index contributed by atoms with van der Waals surface area (Å²) in [6, 6.07) is 7.03. The Hall–Kier alpha value is -1.22. The monoisotopic (exact) mass is 245 g/mol. The summed E-state index contributed by atoms with van der Waals surface area (Å²) < 4.78 is 0. The lowest BCUT2D eigenvalue weighted by Gasteiger charge is -2.25. The lowest BCUT2D eigenvalue weighted by atomic mass is 10.1. The first-order valence-corrected chi connectivity index (χ1v) is 7.10. The van der Waals surface area contributed by atoms with Crippen molar-refractivity contribution >= 4 is 11.4 Å². The lowest BCUT2D eigenvalue weighted by molar-refractivity contribution is 0.260. The van der Waals surface area contributed by atoms with Crippen LogP contribution in [0.25, 0.3) is 0 Å². The van der Waals surface area contributed by atoms with Gasteiger partial charge in [-0.15, -0.1) is 0 Å². The molecule has 0 aromatic heterocycles. The highest BCUT2D eigenvalue weighted by molar-refractivity contribution is 5.64. The maximum absolute atomic E-state index is 6.01. The predicted molar refractivity (Wildman–Crippen MR) is 77.0 cm³/mol. The number of nitrogens with zero attached hydrogens (tertiary/aromatic N) is 2. The number of nitrogen functional groups attached to an aromatic ring is 1. The van der Waals surface area contributed by atoms with Crippen LogP contribution in [0.4, 0.5) is 11.4 Å². The van der Waals surface area contributed by atoms with Gasteiger partial charge in [0.05, 0.1) is 0 Å². The highest BCUT2D eigenvalue weighted by Gasteiger charge is 2.29. The van der Waals surface area contributed by atoms with Gasteiger partial charge in [0.1, 0.15) is 0 Å². The summed E-state index contributed by atoms with van der Waals surface area (Å²) in [5, 5.41) is 0. The van der Waals surface area contributed by atoms with Crippen LogP contribution in [-0.4, -0.2) is 37.1 Å². The average Bonchev–Trinajstić information content (AvgIpc) is 3.01. The third-order valence-corrected chi connectivity index (χ3v) is 4.51. The van der Waals surface area contributed by atoms with Gasteiger partial charge in [0.15, 0.2) is 0 Å². The number of likely N-dealkylation sites (tertiary alicyclic amines) is 1. The van der Waals surface area contributed by atoms with E-state index in [1.165, 1.54) is 56.7 Å². The molecule has 1 aromatic rings. The van der Waals surface area contributed by atoms with Gasteiger partial charge in [-0.1, -0.05) is 6.07 Å². The zero-order valence-corrected chi connectivity index (χ0v) is 11.2. The SMILES string of the molecule is Cc1c(N)cccc1N1CCC(N2CCCC2)C1. The zero-order chi connectivity index (χ0) is 12.5. The van der Waals surface area contributed by atoms with Gasteiger partial charge in [0.2, 0.25) is 0 Å². The molecule has 1 unspecified atom stereocenters. The fourth-order valence-corrected chi connectivity index (χ4v) is 3.35. The smallest absolute Gasteiger partial charge is 0.0417 e. The first-order valence-electron chi connectivity index (χ1n) is 7.10. The summed E-state index contributed by atoms with van der Waals surface area (Å²) in [4.78, 5) is 5.18. The third-order valence-electron chi connectivity index (χ3n) is 4.51. The zero-order valence-electron chi connectivity index (χ0n) is 11.2. The van der Waals surface area contributed by atoms with Crippen molar-refractivity contribution in [1.29, 1.82) is 0 Å². The summed E-state index contributed by atoms with van der Waals surface area (Å²) in [7, 11) is 0. The second kappa shape index (κ2) is 4.81. The van der Waals surface area contributed by atoms with E-state index in [1.807, 2.05) is 6.07 Å². The standard InChI is InChI=1S/C15H23N3/c1-12-14(16)5-4-6-15(12)18-10-7-13(11-18)17-8-2-3-9-17/h4-6,13H,2-3,7-11,16H2,1H3. The largest absolute Gasteiger partial charge is 0.398 e. The molecule has 2 heterocycles. The van der Waals surface area contributed by atoms with Gasteiger partial charge in [-0.25, -0.2) is 0 Å². The van der Waals surface area contributed by atoms with Crippen LogP contribution in [0.5, 0.6) is 0 Å². The number of rotatable bonds is 2. The fraction of sp³-hybridized carbons (Fsp3) is 0.600. The second-order valence-electron chi connectivity index (χ2n) is 5.62. The van der Waals surface area contributed by atoms with Crippen molar-refractivity contribution in [2.24, 2.45) is 0 Å². The predicted octanol–water partition coefficient (Wildman–Crippen LogP) is 2.25.